The van der Waals surface area contributed by atoms with Crippen molar-refractivity contribution in [2.24, 2.45) is 5.92 Å². The summed E-state index contributed by atoms with van der Waals surface area (Å²) in [5.74, 6) is -0.435. The number of nitrogens with one attached hydrogen (secondary N) is 1. The van der Waals surface area contributed by atoms with Crippen LogP contribution in [0.2, 0.25) is 10.0 Å². The zero-order chi connectivity index (χ0) is 20.9. The van der Waals surface area contributed by atoms with Crippen LogP contribution in [0.1, 0.15) is 24.9 Å². The zero-order valence-electron chi connectivity index (χ0n) is 15.4. The highest BCUT2D eigenvalue weighted by Crippen LogP contribution is 2.46. The van der Waals surface area contributed by atoms with E-state index in [4.69, 9.17) is 23.2 Å². The quantitative estimate of drug-likeness (QED) is 0.396. The molecule has 2 aromatic heterocycles. The van der Waals surface area contributed by atoms with E-state index in [0.717, 1.165) is 0 Å². The average Bonchev–Trinajstić information content (AvgIpc) is 3.25. The summed E-state index contributed by atoms with van der Waals surface area (Å²) in [4.78, 5) is 8.18. The summed E-state index contributed by atoms with van der Waals surface area (Å²) in [5, 5.41) is 43.2. The van der Waals surface area contributed by atoms with Gasteiger partial charge in [-0.2, -0.15) is 0 Å². The number of hydrogen-bond donors (Lipinski definition) is 5. The Hall–Kier alpha value is -1.94. The Morgan fingerprint density at radius 3 is 2.59 bits per heavy atom. The van der Waals surface area contributed by atoms with E-state index in [2.05, 4.69) is 9.97 Å². The molecule has 8 nitrogen and oxygen atoms in total. The molecule has 1 aliphatic carbocycles. The first kappa shape index (κ1) is 20.3. The predicted molar refractivity (Wildman–Crippen MR) is 108 cm³/mol. The minimum Gasteiger partial charge on any atom is -0.390 e. The molecular formula is C19H20Cl2N4O4. The number of hydrogen-bond acceptors (Lipinski definition) is 7. The lowest BCUT2D eigenvalue weighted by Gasteiger charge is -2.33. The number of aliphatic hydroxyl groups excluding tert-OH is 2. The van der Waals surface area contributed by atoms with Crippen molar-refractivity contribution < 1.29 is 20.5 Å². The minimum atomic E-state index is -1.46. The molecule has 3 aromatic rings. The molecule has 5 N–H and O–H groups in total. The second-order valence-corrected chi connectivity index (χ2v) is 8.28. The van der Waals surface area contributed by atoms with Gasteiger partial charge in [-0.25, -0.2) is 9.97 Å². The Balaban J connectivity index is 1.70. The second kappa shape index (κ2) is 7.39. The Labute approximate surface area is 176 Å². The zero-order valence-corrected chi connectivity index (χ0v) is 16.9. The summed E-state index contributed by atoms with van der Waals surface area (Å²) in [6, 6.07) is 5.97. The summed E-state index contributed by atoms with van der Waals surface area (Å²) in [5.41, 5.74) is 1.54. The molecule has 0 amide bonds. The van der Waals surface area contributed by atoms with Crippen LogP contribution in [0.25, 0.3) is 11.0 Å². The van der Waals surface area contributed by atoms with Crippen LogP contribution in [-0.2, 0) is 5.60 Å². The molecule has 1 aliphatic rings. The summed E-state index contributed by atoms with van der Waals surface area (Å²) < 4.78 is 1.72. The van der Waals surface area contributed by atoms with E-state index in [1.165, 1.54) is 6.33 Å². The average molecular weight is 439 g/mol. The van der Waals surface area contributed by atoms with Gasteiger partial charge in [-0.15, -0.1) is 0 Å². The van der Waals surface area contributed by atoms with Crippen molar-refractivity contribution in [3.8, 4) is 0 Å². The predicted octanol–water partition coefficient (Wildman–Crippen LogP) is 2.73. The van der Waals surface area contributed by atoms with Crippen LogP contribution in [-0.4, -0.2) is 47.3 Å². The molecule has 1 aromatic carbocycles. The maximum Gasteiger partial charge on any atom is 0.162 e. The smallest absolute Gasteiger partial charge is 0.162 e. The van der Waals surface area contributed by atoms with Crippen molar-refractivity contribution in [2.45, 2.75) is 37.2 Å². The number of rotatable bonds is 4. The lowest BCUT2D eigenvalue weighted by Crippen LogP contribution is -2.40. The van der Waals surface area contributed by atoms with Crippen molar-refractivity contribution in [1.82, 2.24) is 14.5 Å². The molecule has 2 unspecified atom stereocenters. The SMILES string of the molecule is CC(O)(c1ccc(Cl)c(Cl)c1)C1C[C@@H](n2ccc3c(NO)ncnc32)[C@H](O)[C@H]1O. The molecule has 0 saturated heterocycles. The normalized spacial score (nSPS) is 26.6. The largest absolute Gasteiger partial charge is 0.390 e. The Morgan fingerprint density at radius 1 is 1.14 bits per heavy atom. The van der Waals surface area contributed by atoms with Gasteiger partial charge >= 0.3 is 0 Å². The van der Waals surface area contributed by atoms with Gasteiger partial charge in [0.25, 0.3) is 0 Å². The first-order valence-corrected chi connectivity index (χ1v) is 9.77. The molecule has 2 heterocycles. The maximum atomic E-state index is 11.2. The first-order valence-electron chi connectivity index (χ1n) is 9.01. The number of fused-ring (bicyclic) bond motifs is 1. The fraction of sp³-hybridized carbons (Fsp3) is 0.368. The number of benzene rings is 1. The molecular weight excluding hydrogens is 419 g/mol. The van der Waals surface area contributed by atoms with E-state index in [1.807, 2.05) is 5.48 Å². The third kappa shape index (κ3) is 3.26. The Kier molecular flexibility index (Phi) is 5.18. The van der Waals surface area contributed by atoms with Crippen LogP contribution in [0, 0.1) is 5.92 Å². The van der Waals surface area contributed by atoms with Crippen molar-refractivity contribution in [1.29, 1.82) is 0 Å². The standard InChI is InChI=1S/C19H20Cl2N4O4/c1-19(28,9-2-3-12(20)13(21)6-9)11-7-14(16(27)15(11)26)25-5-4-10-17(24-29)22-8-23-18(10)25/h2-6,8,11,14-16,26-29H,7H2,1H3,(H,22,23,24)/t11?,14-,15+,16+,19?/m1/s1. The Morgan fingerprint density at radius 2 is 1.90 bits per heavy atom. The molecule has 1 saturated carbocycles. The summed E-state index contributed by atoms with van der Waals surface area (Å²) in [7, 11) is 0. The van der Waals surface area contributed by atoms with Crippen LogP contribution >= 0.6 is 23.2 Å². The second-order valence-electron chi connectivity index (χ2n) is 7.46. The van der Waals surface area contributed by atoms with E-state index < -0.39 is 29.8 Å². The number of aromatic nitrogens is 3. The van der Waals surface area contributed by atoms with Crippen LogP contribution < -0.4 is 5.48 Å². The highest BCUT2D eigenvalue weighted by atomic mass is 35.5. The molecule has 0 radical (unpaired) electrons. The van der Waals surface area contributed by atoms with E-state index in [-0.39, 0.29) is 12.2 Å². The van der Waals surface area contributed by atoms with Crippen LogP contribution in [0.15, 0.2) is 36.8 Å². The number of halogens is 2. The minimum absolute atomic E-state index is 0.237. The van der Waals surface area contributed by atoms with Gasteiger partial charge in [0.15, 0.2) is 5.82 Å². The first-order chi connectivity index (χ1) is 13.8. The molecule has 10 heteroatoms. The summed E-state index contributed by atoms with van der Waals surface area (Å²) >= 11 is 12.1. The van der Waals surface area contributed by atoms with E-state index in [9.17, 15) is 20.5 Å². The number of anilines is 1. The van der Waals surface area contributed by atoms with Crippen molar-refractivity contribution in [2.75, 3.05) is 5.48 Å². The van der Waals surface area contributed by atoms with Crippen molar-refractivity contribution in [3.05, 3.63) is 52.4 Å². The lowest BCUT2D eigenvalue weighted by molar-refractivity contribution is -0.0751. The van der Waals surface area contributed by atoms with Gasteiger partial charge in [0.1, 0.15) is 18.1 Å². The fourth-order valence-corrected chi connectivity index (χ4v) is 4.50. The molecule has 0 aliphatic heterocycles. The molecule has 4 rings (SSSR count). The van der Waals surface area contributed by atoms with Crippen molar-refractivity contribution in [3.63, 3.8) is 0 Å². The molecule has 5 atom stereocenters. The van der Waals surface area contributed by atoms with Crippen LogP contribution in [0.3, 0.4) is 0 Å². The maximum absolute atomic E-state index is 11.2. The molecule has 0 spiro atoms. The molecule has 0 bridgehead atoms. The number of aliphatic hydroxyl groups is 3. The van der Waals surface area contributed by atoms with Gasteiger partial charge in [-0.3, -0.25) is 10.7 Å². The third-order valence-corrected chi connectivity index (χ3v) is 6.59. The topological polar surface area (TPSA) is 124 Å². The van der Waals surface area contributed by atoms with E-state index in [1.54, 1.807) is 42.0 Å². The molecule has 1 fully saturated rings. The van der Waals surface area contributed by atoms with Gasteiger partial charge in [0.05, 0.1) is 33.2 Å². The van der Waals surface area contributed by atoms with Crippen molar-refractivity contribution >= 4 is 40.1 Å². The van der Waals surface area contributed by atoms with Gasteiger partial charge < -0.3 is 19.9 Å². The summed E-state index contributed by atoms with van der Waals surface area (Å²) in [6.07, 6.45) is 0.963. The fourth-order valence-electron chi connectivity index (χ4n) is 4.20. The van der Waals surface area contributed by atoms with Gasteiger partial charge in [0, 0.05) is 12.1 Å². The monoisotopic (exact) mass is 438 g/mol. The van der Waals surface area contributed by atoms with Crippen LogP contribution in [0.5, 0.6) is 0 Å². The lowest BCUT2D eigenvalue weighted by atomic mass is 9.80. The molecule has 29 heavy (non-hydrogen) atoms. The number of nitrogens with zero attached hydrogens (tertiary/aromatic N) is 3. The Bertz CT molecular complexity index is 1060. The summed E-state index contributed by atoms with van der Waals surface area (Å²) in [6.45, 7) is 1.58. The van der Waals surface area contributed by atoms with E-state index in [0.29, 0.717) is 26.6 Å². The van der Waals surface area contributed by atoms with Gasteiger partial charge in [-0.05, 0) is 37.1 Å². The van der Waals surface area contributed by atoms with Gasteiger partial charge in [-0.1, -0.05) is 29.3 Å². The van der Waals surface area contributed by atoms with E-state index >= 15 is 0 Å². The van der Waals surface area contributed by atoms with Crippen LogP contribution in [0.4, 0.5) is 5.82 Å². The molecule has 154 valence electrons. The third-order valence-electron chi connectivity index (χ3n) is 5.85. The van der Waals surface area contributed by atoms with Gasteiger partial charge in [0.2, 0.25) is 0 Å². The highest BCUT2D eigenvalue weighted by Gasteiger charge is 2.51. The highest BCUT2D eigenvalue weighted by molar-refractivity contribution is 6.42.